The summed E-state index contributed by atoms with van der Waals surface area (Å²) in [7, 11) is 0. The molecule has 0 unspecified atom stereocenters. The number of aryl methyl sites for hydroxylation is 2. The number of benzene rings is 10. The van der Waals surface area contributed by atoms with Gasteiger partial charge >= 0.3 is 0 Å². The smallest absolute Gasteiger partial charge is 0.0541 e. The molecule has 0 amide bonds. The zero-order valence-corrected chi connectivity index (χ0v) is 32.6. The average Bonchev–Trinajstić information content (AvgIpc) is 3.27. The molecule has 10 aromatic rings. The Hall–Kier alpha value is -7.16. The Morgan fingerprint density at radius 1 is 0.328 bits per heavy atom. The highest BCUT2D eigenvalue weighted by Gasteiger charge is 2.30. The summed E-state index contributed by atoms with van der Waals surface area (Å²) in [6.07, 6.45) is 1.83. The first kappa shape index (κ1) is 33.0. The van der Waals surface area contributed by atoms with Crippen LogP contribution in [0.25, 0.3) is 54.6 Å². The van der Waals surface area contributed by atoms with Gasteiger partial charge in [-0.2, -0.15) is 0 Å². The van der Waals surface area contributed by atoms with Gasteiger partial charge in [0, 0.05) is 23.6 Å². The quantitative estimate of drug-likeness (QED) is 0.166. The predicted octanol–water partition coefficient (Wildman–Crippen LogP) is 15.3. The van der Waals surface area contributed by atoms with Crippen molar-refractivity contribution in [3.05, 3.63) is 215 Å². The molecule has 2 heterocycles. The van der Waals surface area contributed by atoms with E-state index in [4.69, 9.17) is 0 Å². The van der Waals surface area contributed by atoms with Crippen molar-refractivity contribution in [3.63, 3.8) is 0 Å². The van der Waals surface area contributed by atoms with E-state index in [9.17, 15) is 0 Å². The second-order valence-electron chi connectivity index (χ2n) is 16.2. The molecule has 12 rings (SSSR count). The van der Waals surface area contributed by atoms with Crippen molar-refractivity contribution in [1.82, 2.24) is 0 Å². The molecule has 2 heteroatoms. The van der Waals surface area contributed by atoms with Gasteiger partial charge in [0.15, 0.2) is 0 Å². The molecule has 0 fully saturated rings. The average molecular weight is 741 g/mol. The summed E-state index contributed by atoms with van der Waals surface area (Å²) in [5, 5.41) is 7.68. The van der Waals surface area contributed by atoms with Gasteiger partial charge in [-0.15, -0.1) is 0 Å². The SMILES string of the molecule is Cc1cccc2c1N(c1ccc3ccc4c(N5c6cc(-c7ccccc7)ccc6Cc6cccc(C)c65)ccc5ccc1c3c54)c1cc(-c3ccccc3)ccc1C2. The first-order valence-electron chi connectivity index (χ1n) is 20.4. The minimum absolute atomic E-state index is 0.914. The van der Waals surface area contributed by atoms with Gasteiger partial charge in [-0.25, -0.2) is 0 Å². The molecular formula is C56H40N2. The van der Waals surface area contributed by atoms with E-state index in [2.05, 4.69) is 206 Å². The minimum Gasteiger partial charge on any atom is -0.309 e. The fourth-order valence-electron chi connectivity index (χ4n) is 10.1. The number of rotatable bonds is 4. The summed E-state index contributed by atoms with van der Waals surface area (Å²) in [6.45, 7) is 4.53. The largest absolute Gasteiger partial charge is 0.309 e. The van der Waals surface area contributed by atoms with E-state index in [1.165, 1.54) is 122 Å². The minimum atomic E-state index is 0.914. The Bertz CT molecular complexity index is 3030. The van der Waals surface area contributed by atoms with E-state index in [-0.39, 0.29) is 0 Å². The molecule has 58 heavy (non-hydrogen) atoms. The van der Waals surface area contributed by atoms with Crippen molar-refractivity contribution in [2.75, 3.05) is 9.80 Å². The summed E-state index contributed by atoms with van der Waals surface area (Å²) < 4.78 is 0. The molecule has 0 spiro atoms. The van der Waals surface area contributed by atoms with Gasteiger partial charge in [0.2, 0.25) is 0 Å². The normalized spacial score (nSPS) is 13.1. The van der Waals surface area contributed by atoms with Crippen LogP contribution in [0.4, 0.5) is 34.1 Å². The molecule has 2 nitrogen and oxygen atoms in total. The first-order valence-corrected chi connectivity index (χ1v) is 20.4. The van der Waals surface area contributed by atoms with Crippen LogP contribution in [0.1, 0.15) is 33.4 Å². The molecule has 274 valence electrons. The number of para-hydroxylation sites is 2. The van der Waals surface area contributed by atoms with Crippen LogP contribution in [0.2, 0.25) is 0 Å². The van der Waals surface area contributed by atoms with E-state index < -0.39 is 0 Å². The molecule has 2 aliphatic heterocycles. The fraction of sp³-hybridized carbons (Fsp3) is 0.0714. The van der Waals surface area contributed by atoms with E-state index >= 15 is 0 Å². The lowest BCUT2D eigenvalue weighted by molar-refractivity contribution is 1.08. The van der Waals surface area contributed by atoms with Crippen LogP contribution >= 0.6 is 0 Å². The summed E-state index contributed by atoms with van der Waals surface area (Å²) in [5.74, 6) is 0. The molecule has 0 radical (unpaired) electrons. The maximum atomic E-state index is 2.56. The van der Waals surface area contributed by atoms with E-state index in [1.807, 2.05) is 0 Å². The Morgan fingerprint density at radius 3 is 1.21 bits per heavy atom. The third kappa shape index (κ3) is 4.91. The van der Waals surface area contributed by atoms with Crippen molar-refractivity contribution < 1.29 is 0 Å². The van der Waals surface area contributed by atoms with Crippen molar-refractivity contribution in [1.29, 1.82) is 0 Å². The second-order valence-corrected chi connectivity index (χ2v) is 16.2. The zero-order chi connectivity index (χ0) is 38.5. The van der Waals surface area contributed by atoms with Gasteiger partial charge in [0.1, 0.15) is 0 Å². The van der Waals surface area contributed by atoms with E-state index in [1.54, 1.807) is 0 Å². The maximum absolute atomic E-state index is 2.56. The second kappa shape index (κ2) is 12.7. The zero-order valence-electron chi connectivity index (χ0n) is 32.6. The topological polar surface area (TPSA) is 6.48 Å². The van der Waals surface area contributed by atoms with Gasteiger partial charge in [0.25, 0.3) is 0 Å². The molecule has 0 N–H and O–H groups in total. The summed E-state index contributed by atoms with van der Waals surface area (Å²) in [6, 6.07) is 68.1. The maximum Gasteiger partial charge on any atom is 0.0541 e. The lowest BCUT2D eigenvalue weighted by atomic mass is 9.88. The molecule has 0 saturated carbocycles. The van der Waals surface area contributed by atoms with Crippen LogP contribution in [-0.2, 0) is 12.8 Å². The van der Waals surface area contributed by atoms with Crippen LogP contribution < -0.4 is 9.80 Å². The third-order valence-electron chi connectivity index (χ3n) is 12.8. The molecule has 10 aromatic carbocycles. The highest BCUT2D eigenvalue weighted by Crippen LogP contribution is 2.53. The third-order valence-corrected chi connectivity index (χ3v) is 12.8. The van der Waals surface area contributed by atoms with Crippen LogP contribution in [0.3, 0.4) is 0 Å². The first-order chi connectivity index (χ1) is 28.6. The van der Waals surface area contributed by atoms with Crippen molar-refractivity contribution in [2.45, 2.75) is 26.7 Å². The summed E-state index contributed by atoms with van der Waals surface area (Å²) in [4.78, 5) is 5.13. The molecule has 0 bridgehead atoms. The van der Waals surface area contributed by atoms with Gasteiger partial charge in [-0.1, -0.05) is 158 Å². The molecule has 2 aliphatic rings. The predicted molar refractivity (Wildman–Crippen MR) is 245 cm³/mol. The fourth-order valence-corrected chi connectivity index (χ4v) is 10.1. The van der Waals surface area contributed by atoms with Crippen molar-refractivity contribution in [3.8, 4) is 22.3 Å². The van der Waals surface area contributed by atoms with E-state index in [0.29, 0.717) is 0 Å². The number of fused-ring (bicyclic) bond motifs is 4. The standard InChI is InChI=1S/C56H40N2/c1-35-11-9-17-45-31-43-21-19-41(37-13-5-3-6-14-37)33-51(43)57(55(35)45)49-29-25-39-24-28-48-50(30-26-40-23-27-47(49)53(39)54(40)48)58-52-34-42(38-15-7-4-8-16-38)20-22-44(52)32-46-18-10-12-36(2)56(46)58/h3-30,33-34H,31-32H2,1-2H3. The Kier molecular flexibility index (Phi) is 7.22. The number of hydrogen-bond donors (Lipinski definition) is 0. The van der Waals surface area contributed by atoms with Crippen LogP contribution in [0, 0.1) is 13.8 Å². The lowest BCUT2D eigenvalue weighted by Crippen LogP contribution is -2.20. The highest BCUT2D eigenvalue weighted by atomic mass is 15.2. The molecule has 0 aromatic heterocycles. The van der Waals surface area contributed by atoms with Crippen molar-refractivity contribution in [2.24, 2.45) is 0 Å². The van der Waals surface area contributed by atoms with Crippen LogP contribution in [0.15, 0.2) is 182 Å². The molecular weight excluding hydrogens is 701 g/mol. The summed E-state index contributed by atoms with van der Waals surface area (Å²) >= 11 is 0. The van der Waals surface area contributed by atoms with Gasteiger partial charge in [0.05, 0.1) is 34.1 Å². The van der Waals surface area contributed by atoms with Gasteiger partial charge in [-0.05, 0) is 115 Å². The number of nitrogens with zero attached hydrogens (tertiary/aromatic N) is 2. The summed E-state index contributed by atoms with van der Waals surface area (Å²) in [5.41, 5.74) is 20.4. The highest BCUT2D eigenvalue weighted by molar-refractivity contribution is 6.28. The van der Waals surface area contributed by atoms with Crippen LogP contribution in [-0.4, -0.2) is 0 Å². The Labute approximate surface area is 339 Å². The lowest BCUT2D eigenvalue weighted by Gasteiger charge is -2.37. The molecule has 0 saturated heterocycles. The van der Waals surface area contributed by atoms with Gasteiger partial charge < -0.3 is 9.80 Å². The Morgan fingerprint density at radius 2 is 0.759 bits per heavy atom. The van der Waals surface area contributed by atoms with E-state index in [0.717, 1.165) is 12.8 Å². The molecule has 0 atom stereocenters. The van der Waals surface area contributed by atoms with Gasteiger partial charge in [-0.3, -0.25) is 0 Å². The molecule has 0 aliphatic carbocycles. The van der Waals surface area contributed by atoms with Crippen LogP contribution in [0.5, 0.6) is 0 Å². The van der Waals surface area contributed by atoms with Crippen molar-refractivity contribution >= 4 is 66.4 Å². The Balaban J connectivity index is 1.11. The number of anilines is 6. The number of hydrogen-bond acceptors (Lipinski definition) is 2. The monoisotopic (exact) mass is 740 g/mol.